The zero-order valence-electron chi connectivity index (χ0n) is 7.03. The van der Waals surface area contributed by atoms with Crippen molar-refractivity contribution in [2.24, 2.45) is 5.73 Å². The van der Waals surface area contributed by atoms with E-state index < -0.39 is 0 Å². The quantitative estimate of drug-likeness (QED) is 0.763. The molecule has 0 saturated carbocycles. The molecule has 0 amide bonds. The van der Waals surface area contributed by atoms with Gasteiger partial charge in [-0.05, 0) is 11.4 Å². The van der Waals surface area contributed by atoms with E-state index in [-0.39, 0.29) is 0 Å². The summed E-state index contributed by atoms with van der Waals surface area (Å²) in [7, 11) is 0. The van der Waals surface area contributed by atoms with Gasteiger partial charge in [0, 0.05) is 11.3 Å². The van der Waals surface area contributed by atoms with Gasteiger partial charge in [-0.3, -0.25) is 5.10 Å². The number of rotatable bonds is 3. The molecule has 0 unspecified atom stereocenters. The molecular weight excluding hydrogens is 184 g/mol. The van der Waals surface area contributed by atoms with Crippen LogP contribution < -0.4 is 5.73 Å². The van der Waals surface area contributed by atoms with Crippen LogP contribution in [0.3, 0.4) is 0 Å². The fraction of sp³-hybridized carbons (Fsp3) is 0.250. The Labute approximate surface area is 79.8 Å². The van der Waals surface area contributed by atoms with E-state index in [1.54, 1.807) is 11.3 Å². The zero-order valence-corrected chi connectivity index (χ0v) is 7.84. The van der Waals surface area contributed by atoms with E-state index in [0.717, 1.165) is 12.2 Å². The van der Waals surface area contributed by atoms with Crippen LogP contribution in [-0.4, -0.2) is 15.2 Å². The molecule has 0 aromatic carbocycles. The molecule has 0 aliphatic heterocycles. The van der Waals surface area contributed by atoms with Crippen molar-refractivity contribution < 1.29 is 0 Å². The molecule has 2 heterocycles. The van der Waals surface area contributed by atoms with E-state index in [9.17, 15) is 0 Å². The SMILES string of the molecule is NCc1n[nH]c(Cc2cccs2)n1. The highest BCUT2D eigenvalue weighted by atomic mass is 32.1. The van der Waals surface area contributed by atoms with Crippen molar-refractivity contribution in [2.75, 3.05) is 0 Å². The lowest BCUT2D eigenvalue weighted by molar-refractivity contribution is 0.916. The Morgan fingerprint density at radius 2 is 2.46 bits per heavy atom. The fourth-order valence-corrected chi connectivity index (χ4v) is 1.79. The highest BCUT2D eigenvalue weighted by molar-refractivity contribution is 7.09. The third-order valence-corrected chi connectivity index (χ3v) is 2.56. The molecular formula is C8H10N4S. The summed E-state index contributed by atoms with van der Waals surface area (Å²) in [6, 6.07) is 4.11. The van der Waals surface area contributed by atoms with Gasteiger partial charge in [0.2, 0.25) is 0 Å². The van der Waals surface area contributed by atoms with E-state index in [1.807, 2.05) is 6.07 Å². The number of aromatic nitrogens is 3. The van der Waals surface area contributed by atoms with Crippen molar-refractivity contribution in [1.82, 2.24) is 15.2 Å². The molecule has 0 atom stereocenters. The molecule has 5 heteroatoms. The van der Waals surface area contributed by atoms with E-state index in [0.29, 0.717) is 12.4 Å². The third-order valence-electron chi connectivity index (χ3n) is 1.68. The molecule has 2 aromatic rings. The standard InChI is InChI=1S/C8H10N4S/c9-5-8-10-7(11-12-8)4-6-2-1-3-13-6/h1-3H,4-5,9H2,(H,10,11,12). The van der Waals surface area contributed by atoms with Crippen molar-refractivity contribution in [2.45, 2.75) is 13.0 Å². The van der Waals surface area contributed by atoms with Gasteiger partial charge in [0.05, 0.1) is 6.54 Å². The van der Waals surface area contributed by atoms with Crippen LogP contribution in [0.2, 0.25) is 0 Å². The van der Waals surface area contributed by atoms with Crippen molar-refractivity contribution in [3.63, 3.8) is 0 Å². The minimum Gasteiger partial charge on any atom is -0.324 e. The van der Waals surface area contributed by atoms with E-state index in [1.165, 1.54) is 4.88 Å². The van der Waals surface area contributed by atoms with Gasteiger partial charge in [0.25, 0.3) is 0 Å². The Morgan fingerprint density at radius 1 is 1.54 bits per heavy atom. The Morgan fingerprint density at radius 3 is 3.08 bits per heavy atom. The first-order valence-electron chi connectivity index (χ1n) is 4.01. The summed E-state index contributed by atoms with van der Waals surface area (Å²) in [6.45, 7) is 0.390. The molecule has 4 nitrogen and oxygen atoms in total. The number of hydrogen-bond acceptors (Lipinski definition) is 4. The lowest BCUT2D eigenvalue weighted by atomic mass is 10.3. The van der Waals surface area contributed by atoms with Gasteiger partial charge in [-0.25, -0.2) is 4.98 Å². The van der Waals surface area contributed by atoms with Crippen LogP contribution >= 0.6 is 11.3 Å². The lowest BCUT2D eigenvalue weighted by Crippen LogP contribution is -1.98. The molecule has 0 spiro atoms. The predicted molar refractivity (Wildman–Crippen MR) is 51.4 cm³/mol. The number of thiophene rings is 1. The Kier molecular flexibility index (Phi) is 2.37. The largest absolute Gasteiger partial charge is 0.324 e. The monoisotopic (exact) mass is 194 g/mol. The van der Waals surface area contributed by atoms with Crippen LogP contribution in [-0.2, 0) is 13.0 Å². The molecule has 0 saturated heterocycles. The average molecular weight is 194 g/mol. The first kappa shape index (κ1) is 8.40. The summed E-state index contributed by atoms with van der Waals surface area (Å²) in [5.41, 5.74) is 5.39. The lowest BCUT2D eigenvalue weighted by Gasteiger charge is -1.89. The van der Waals surface area contributed by atoms with Crippen molar-refractivity contribution in [3.05, 3.63) is 34.0 Å². The van der Waals surface area contributed by atoms with Crippen molar-refractivity contribution in [1.29, 1.82) is 0 Å². The highest BCUT2D eigenvalue weighted by Crippen LogP contribution is 2.11. The molecule has 3 N–H and O–H groups in total. The van der Waals surface area contributed by atoms with Crippen LogP contribution in [0.1, 0.15) is 16.5 Å². The molecule has 2 rings (SSSR count). The van der Waals surface area contributed by atoms with E-state index in [4.69, 9.17) is 5.73 Å². The fourth-order valence-electron chi connectivity index (χ4n) is 1.08. The predicted octanol–water partition coefficient (Wildman–Crippen LogP) is 0.916. The molecule has 2 aromatic heterocycles. The van der Waals surface area contributed by atoms with Crippen molar-refractivity contribution in [3.8, 4) is 0 Å². The molecule has 68 valence electrons. The second-order valence-electron chi connectivity index (χ2n) is 2.66. The summed E-state index contributed by atoms with van der Waals surface area (Å²) in [5.74, 6) is 1.55. The minimum absolute atomic E-state index is 0.390. The van der Waals surface area contributed by atoms with E-state index in [2.05, 4.69) is 26.6 Å². The molecule has 0 radical (unpaired) electrons. The zero-order chi connectivity index (χ0) is 9.10. The van der Waals surface area contributed by atoms with Gasteiger partial charge in [-0.1, -0.05) is 6.07 Å². The average Bonchev–Trinajstić information content (AvgIpc) is 2.76. The number of nitrogens with two attached hydrogens (primary N) is 1. The molecule has 0 aliphatic carbocycles. The second-order valence-corrected chi connectivity index (χ2v) is 3.69. The topological polar surface area (TPSA) is 67.6 Å². The third kappa shape index (κ3) is 1.93. The highest BCUT2D eigenvalue weighted by Gasteiger charge is 2.02. The minimum atomic E-state index is 0.390. The molecule has 0 bridgehead atoms. The summed E-state index contributed by atoms with van der Waals surface area (Å²) < 4.78 is 0. The van der Waals surface area contributed by atoms with Gasteiger partial charge in [-0.15, -0.1) is 11.3 Å². The summed E-state index contributed by atoms with van der Waals surface area (Å²) in [6.07, 6.45) is 0.810. The number of aromatic amines is 1. The second kappa shape index (κ2) is 3.68. The van der Waals surface area contributed by atoms with Gasteiger partial charge in [0.15, 0.2) is 5.82 Å². The molecule has 0 fully saturated rings. The number of H-pyrrole nitrogens is 1. The maximum Gasteiger partial charge on any atom is 0.164 e. The van der Waals surface area contributed by atoms with E-state index >= 15 is 0 Å². The summed E-state index contributed by atoms with van der Waals surface area (Å²) >= 11 is 1.72. The Bertz CT molecular complexity index is 365. The van der Waals surface area contributed by atoms with Crippen LogP contribution in [0.15, 0.2) is 17.5 Å². The first-order chi connectivity index (χ1) is 6.38. The maximum absolute atomic E-state index is 5.39. The molecule has 0 aliphatic rings. The van der Waals surface area contributed by atoms with Crippen LogP contribution in [0, 0.1) is 0 Å². The van der Waals surface area contributed by atoms with Crippen LogP contribution in [0.25, 0.3) is 0 Å². The first-order valence-corrected chi connectivity index (χ1v) is 4.89. The Balaban J connectivity index is 2.10. The Hall–Kier alpha value is -1.20. The number of nitrogens with zero attached hydrogens (tertiary/aromatic N) is 2. The number of nitrogens with one attached hydrogen (secondary N) is 1. The van der Waals surface area contributed by atoms with Crippen LogP contribution in [0.5, 0.6) is 0 Å². The molecule has 13 heavy (non-hydrogen) atoms. The van der Waals surface area contributed by atoms with Gasteiger partial charge >= 0.3 is 0 Å². The number of hydrogen-bond donors (Lipinski definition) is 2. The van der Waals surface area contributed by atoms with Gasteiger partial charge < -0.3 is 5.73 Å². The maximum atomic E-state index is 5.39. The summed E-state index contributed by atoms with van der Waals surface area (Å²) in [5, 5.41) is 8.87. The summed E-state index contributed by atoms with van der Waals surface area (Å²) in [4.78, 5) is 5.50. The van der Waals surface area contributed by atoms with Gasteiger partial charge in [0.1, 0.15) is 5.82 Å². The van der Waals surface area contributed by atoms with Crippen LogP contribution in [0.4, 0.5) is 0 Å². The van der Waals surface area contributed by atoms with Crippen molar-refractivity contribution >= 4 is 11.3 Å². The van der Waals surface area contributed by atoms with Gasteiger partial charge in [-0.2, -0.15) is 5.10 Å². The normalized spacial score (nSPS) is 10.5. The smallest absolute Gasteiger partial charge is 0.164 e.